The van der Waals surface area contributed by atoms with E-state index < -0.39 is 15.9 Å². The summed E-state index contributed by atoms with van der Waals surface area (Å²) in [5, 5.41) is 2.74. The van der Waals surface area contributed by atoms with Crippen molar-refractivity contribution in [3.05, 3.63) is 90.0 Å². The van der Waals surface area contributed by atoms with Gasteiger partial charge in [-0.3, -0.25) is 4.79 Å². The van der Waals surface area contributed by atoms with Gasteiger partial charge in [0, 0.05) is 17.8 Å². The molecule has 0 atom stereocenters. The molecule has 0 aliphatic carbocycles. The van der Waals surface area contributed by atoms with Crippen molar-refractivity contribution in [1.29, 1.82) is 0 Å². The summed E-state index contributed by atoms with van der Waals surface area (Å²) in [5.74, 6) is 0.279. The van der Waals surface area contributed by atoms with E-state index in [1.54, 1.807) is 43.5 Å². The SMILES string of the molecule is COc1ccc(NC(=O)c2cccc(S(=O)(=O)NCc3ccccc3)c2)cc1. The van der Waals surface area contributed by atoms with E-state index in [1.165, 1.54) is 12.1 Å². The number of hydrogen-bond acceptors (Lipinski definition) is 4. The fraction of sp³-hybridized carbons (Fsp3) is 0.0952. The number of amides is 1. The number of carbonyl (C=O) groups excluding carboxylic acids is 1. The molecule has 2 N–H and O–H groups in total. The number of nitrogens with one attached hydrogen (secondary N) is 2. The molecule has 0 fully saturated rings. The fourth-order valence-corrected chi connectivity index (χ4v) is 3.60. The van der Waals surface area contributed by atoms with Crippen LogP contribution in [-0.4, -0.2) is 21.4 Å². The second-order valence-electron chi connectivity index (χ2n) is 6.02. The minimum Gasteiger partial charge on any atom is -0.497 e. The van der Waals surface area contributed by atoms with Crippen LogP contribution in [0.5, 0.6) is 5.75 Å². The fourth-order valence-electron chi connectivity index (χ4n) is 2.54. The minimum atomic E-state index is -3.74. The first kappa shape index (κ1) is 19.6. The highest BCUT2D eigenvalue weighted by Crippen LogP contribution is 2.17. The van der Waals surface area contributed by atoms with Gasteiger partial charge in [-0.15, -0.1) is 0 Å². The van der Waals surface area contributed by atoms with Gasteiger partial charge in [-0.25, -0.2) is 13.1 Å². The molecule has 0 spiro atoms. The van der Waals surface area contributed by atoms with Gasteiger partial charge in [0.15, 0.2) is 0 Å². The predicted octanol–water partition coefficient (Wildman–Crippen LogP) is 3.43. The van der Waals surface area contributed by atoms with Crippen molar-refractivity contribution in [3.63, 3.8) is 0 Å². The molecule has 0 radical (unpaired) electrons. The molecule has 0 bridgehead atoms. The Kier molecular flexibility index (Phi) is 6.08. The van der Waals surface area contributed by atoms with Crippen molar-refractivity contribution in [2.45, 2.75) is 11.4 Å². The summed E-state index contributed by atoms with van der Waals surface area (Å²) < 4.78 is 32.7. The number of methoxy groups -OCH3 is 1. The lowest BCUT2D eigenvalue weighted by atomic mass is 10.2. The number of anilines is 1. The van der Waals surface area contributed by atoms with Crippen LogP contribution in [0.1, 0.15) is 15.9 Å². The monoisotopic (exact) mass is 396 g/mol. The maximum atomic E-state index is 12.6. The number of sulfonamides is 1. The summed E-state index contributed by atoms with van der Waals surface area (Å²) >= 11 is 0. The summed E-state index contributed by atoms with van der Waals surface area (Å²) in [5.41, 5.74) is 1.68. The van der Waals surface area contributed by atoms with Crippen LogP contribution >= 0.6 is 0 Å². The van der Waals surface area contributed by atoms with Crippen molar-refractivity contribution in [2.24, 2.45) is 0 Å². The molecule has 0 saturated heterocycles. The first-order valence-corrected chi connectivity index (χ1v) is 10.1. The van der Waals surface area contributed by atoms with Crippen LogP contribution in [0.15, 0.2) is 83.8 Å². The van der Waals surface area contributed by atoms with Crippen LogP contribution in [-0.2, 0) is 16.6 Å². The Morgan fingerprint density at radius 1 is 0.929 bits per heavy atom. The van der Waals surface area contributed by atoms with E-state index in [0.717, 1.165) is 5.56 Å². The van der Waals surface area contributed by atoms with Gasteiger partial charge in [-0.1, -0.05) is 36.4 Å². The highest BCUT2D eigenvalue weighted by atomic mass is 32.2. The van der Waals surface area contributed by atoms with Gasteiger partial charge in [0.1, 0.15) is 5.75 Å². The highest BCUT2D eigenvalue weighted by molar-refractivity contribution is 7.89. The van der Waals surface area contributed by atoms with Crippen LogP contribution in [0.2, 0.25) is 0 Å². The largest absolute Gasteiger partial charge is 0.497 e. The van der Waals surface area contributed by atoms with Crippen molar-refractivity contribution < 1.29 is 17.9 Å². The zero-order valence-corrected chi connectivity index (χ0v) is 16.1. The Balaban J connectivity index is 1.72. The first-order valence-electron chi connectivity index (χ1n) is 8.57. The van der Waals surface area contributed by atoms with Gasteiger partial charge < -0.3 is 10.1 Å². The molecule has 0 unspecified atom stereocenters. The Bertz CT molecular complexity index is 1050. The van der Waals surface area contributed by atoms with Gasteiger partial charge in [0.25, 0.3) is 5.91 Å². The molecule has 0 saturated carbocycles. The number of ether oxygens (including phenoxy) is 1. The second-order valence-corrected chi connectivity index (χ2v) is 7.79. The molecule has 144 valence electrons. The smallest absolute Gasteiger partial charge is 0.255 e. The average molecular weight is 396 g/mol. The normalized spacial score (nSPS) is 11.0. The number of rotatable bonds is 7. The Labute approximate surface area is 164 Å². The maximum Gasteiger partial charge on any atom is 0.255 e. The van der Waals surface area contributed by atoms with Crippen molar-refractivity contribution >= 4 is 21.6 Å². The third-order valence-electron chi connectivity index (χ3n) is 4.06. The minimum absolute atomic E-state index is 0.0332. The lowest BCUT2D eigenvalue weighted by Crippen LogP contribution is -2.23. The molecule has 0 aromatic heterocycles. The number of benzene rings is 3. The Hall–Kier alpha value is -3.16. The quantitative estimate of drug-likeness (QED) is 0.641. The second kappa shape index (κ2) is 8.69. The highest BCUT2D eigenvalue weighted by Gasteiger charge is 2.16. The van der Waals surface area contributed by atoms with E-state index in [2.05, 4.69) is 10.0 Å². The topological polar surface area (TPSA) is 84.5 Å². The van der Waals surface area contributed by atoms with Gasteiger partial charge >= 0.3 is 0 Å². The predicted molar refractivity (Wildman–Crippen MR) is 108 cm³/mol. The molecule has 3 rings (SSSR count). The van der Waals surface area contributed by atoms with E-state index in [1.807, 2.05) is 30.3 Å². The molecule has 3 aromatic carbocycles. The third kappa shape index (κ3) is 4.97. The summed E-state index contributed by atoms with van der Waals surface area (Å²) in [4.78, 5) is 12.5. The van der Waals surface area contributed by atoms with E-state index >= 15 is 0 Å². The zero-order chi connectivity index (χ0) is 20.0. The lowest BCUT2D eigenvalue weighted by molar-refractivity contribution is 0.102. The third-order valence-corrected chi connectivity index (χ3v) is 5.46. The number of hydrogen-bond donors (Lipinski definition) is 2. The average Bonchev–Trinajstić information content (AvgIpc) is 2.74. The molecule has 1 amide bonds. The molecule has 0 aliphatic rings. The molecule has 0 aliphatic heterocycles. The Morgan fingerprint density at radius 2 is 1.64 bits per heavy atom. The molecule has 28 heavy (non-hydrogen) atoms. The summed E-state index contributed by atoms with van der Waals surface area (Å²) in [6.45, 7) is 0.172. The van der Waals surface area contributed by atoms with Gasteiger partial charge in [-0.2, -0.15) is 0 Å². The molecule has 6 nitrogen and oxygen atoms in total. The first-order chi connectivity index (χ1) is 13.5. The molecule has 7 heteroatoms. The molecular weight excluding hydrogens is 376 g/mol. The Morgan fingerprint density at radius 3 is 2.32 bits per heavy atom. The number of carbonyl (C=O) groups is 1. The van der Waals surface area contributed by atoms with Gasteiger partial charge in [-0.05, 0) is 48.0 Å². The van der Waals surface area contributed by atoms with E-state index in [4.69, 9.17) is 4.74 Å². The van der Waals surface area contributed by atoms with E-state index in [-0.39, 0.29) is 17.0 Å². The van der Waals surface area contributed by atoms with Gasteiger partial charge in [0.05, 0.1) is 12.0 Å². The van der Waals surface area contributed by atoms with Crippen LogP contribution in [0, 0.1) is 0 Å². The maximum absolute atomic E-state index is 12.6. The van der Waals surface area contributed by atoms with Crippen molar-refractivity contribution in [2.75, 3.05) is 12.4 Å². The van der Waals surface area contributed by atoms with Crippen LogP contribution < -0.4 is 14.8 Å². The molecular formula is C21H20N2O4S. The van der Waals surface area contributed by atoms with Crippen LogP contribution in [0.25, 0.3) is 0 Å². The summed E-state index contributed by atoms with van der Waals surface area (Å²) in [7, 11) is -2.18. The lowest BCUT2D eigenvalue weighted by Gasteiger charge is -2.09. The molecule has 0 heterocycles. The van der Waals surface area contributed by atoms with E-state index in [0.29, 0.717) is 11.4 Å². The standard InChI is InChI=1S/C21H20N2O4S/c1-27-19-12-10-18(11-13-19)23-21(24)17-8-5-9-20(14-17)28(25,26)22-15-16-6-3-2-4-7-16/h2-14,22H,15H2,1H3,(H,23,24). The van der Waals surface area contributed by atoms with Crippen LogP contribution in [0.3, 0.4) is 0 Å². The summed E-state index contributed by atoms with van der Waals surface area (Å²) in [6.07, 6.45) is 0. The van der Waals surface area contributed by atoms with E-state index in [9.17, 15) is 13.2 Å². The summed E-state index contributed by atoms with van der Waals surface area (Å²) in [6, 6.07) is 22.0. The molecule has 3 aromatic rings. The van der Waals surface area contributed by atoms with Crippen molar-refractivity contribution in [1.82, 2.24) is 4.72 Å². The van der Waals surface area contributed by atoms with Crippen molar-refractivity contribution in [3.8, 4) is 5.75 Å². The zero-order valence-electron chi connectivity index (χ0n) is 15.3. The van der Waals surface area contributed by atoms with Gasteiger partial charge in [0.2, 0.25) is 10.0 Å². The van der Waals surface area contributed by atoms with Crippen LogP contribution in [0.4, 0.5) is 5.69 Å².